The molecule has 5 heteroatoms. The van der Waals surface area contributed by atoms with Crippen LogP contribution < -0.4 is 10.6 Å². The molecule has 3 nitrogen and oxygen atoms in total. The highest BCUT2D eigenvalue weighted by Crippen LogP contribution is 2.14. The molecular weight excluding hydrogens is 190 g/mol. The number of carbonyl (C=O) groups is 1. The maximum Gasteiger partial charge on any atom is 0.323 e. The Balaban J connectivity index is 2.76. The molecule has 1 aromatic carbocycles. The summed E-state index contributed by atoms with van der Waals surface area (Å²) >= 11 is 0. The summed E-state index contributed by atoms with van der Waals surface area (Å²) in [6, 6.07) is 2.23. The lowest BCUT2D eigenvalue weighted by molar-refractivity contribution is 0.255. The van der Waals surface area contributed by atoms with Crippen LogP contribution in [0.15, 0.2) is 31.0 Å². The average Bonchev–Trinajstić information content (AvgIpc) is 2.10. The lowest BCUT2D eigenvalue weighted by Crippen LogP contribution is -2.24. The molecule has 1 rings (SSSR count). The van der Waals surface area contributed by atoms with Crippen LogP contribution in [-0.2, 0) is 0 Å². The molecule has 1 aromatic rings. The fourth-order valence-electron chi connectivity index (χ4n) is 0.842. The molecule has 2 amide bonds. The van der Waals surface area contributed by atoms with Crippen LogP contribution in [0.3, 0.4) is 0 Å². The number of benzene rings is 1. The molecular formula is C9H8F2N2O. The molecule has 0 saturated carbocycles. The summed E-state index contributed by atoms with van der Waals surface area (Å²) in [5.41, 5.74) is -0.0919. The molecule has 0 unspecified atom stereocenters. The Bertz CT molecular complexity index is 366. The van der Waals surface area contributed by atoms with Crippen LogP contribution in [0.1, 0.15) is 0 Å². The normalized spacial score (nSPS) is 9.29. The minimum absolute atomic E-state index is 0.0919. The van der Waals surface area contributed by atoms with Crippen molar-refractivity contribution in [3.63, 3.8) is 0 Å². The van der Waals surface area contributed by atoms with Crippen molar-refractivity contribution >= 4 is 11.7 Å². The van der Waals surface area contributed by atoms with Gasteiger partial charge in [-0.05, 0) is 18.3 Å². The van der Waals surface area contributed by atoms with Crippen molar-refractivity contribution in [2.75, 3.05) is 5.32 Å². The monoisotopic (exact) mass is 198 g/mol. The third-order valence-electron chi connectivity index (χ3n) is 1.41. The first kappa shape index (κ1) is 10.2. The number of anilines is 1. The van der Waals surface area contributed by atoms with E-state index in [1.807, 2.05) is 0 Å². The number of hydrogen-bond acceptors (Lipinski definition) is 1. The summed E-state index contributed by atoms with van der Waals surface area (Å²) in [6.45, 7) is 3.25. The molecule has 0 aliphatic heterocycles. The Morgan fingerprint density at radius 3 is 2.71 bits per heavy atom. The summed E-state index contributed by atoms with van der Waals surface area (Å²) in [5, 5.41) is 4.36. The van der Waals surface area contributed by atoms with E-state index in [9.17, 15) is 13.6 Å². The van der Waals surface area contributed by atoms with Crippen molar-refractivity contribution in [3.05, 3.63) is 42.6 Å². The van der Waals surface area contributed by atoms with Crippen molar-refractivity contribution in [2.45, 2.75) is 0 Å². The SMILES string of the molecule is C=CNC(=O)Nc1ccc(F)cc1F. The predicted octanol–water partition coefficient (Wildman–Crippen LogP) is 2.23. The lowest BCUT2D eigenvalue weighted by Gasteiger charge is -2.04. The van der Waals surface area contributed by atoms with Crippen LogP contribution in [0, 0.1) is 11.6 Å². The molecule has 0 aliphatic carbocycles. The number of rotatable bonds is 2. The molecule has 0 spiro atoms. The van der Waals surface area contributed by atoms with E-state index in [1.165, 1.54) is 0 Å². The van der Waals surface area contributed by atoms with Gasteiger partial charge in [-0.3, -0.25) is 0 Å². The van der Waals surface area contributed by atoms with Gasteiger partial charge in [-0.25, -0.2) is 13.6 Å². The highest BCUT2D eigenvalue weighted by Gasteiger charge is 2.05. The molecule has 2 N–H and O–H groups in total. The Kier molecular flexibility index (Phi) is 3.17. The molecule has 0 fully saturated rings. The fourth-order valence-corrected chi connectivity index (χ4v) is 0.842. The molecule has 0 bridgehead atoms. The van der Waals surface area contributed by atoms with Gasteiger partial charge in [0.2, 0.25) is 0 Å². The molecule has 0 heterocycles. The first-order chi connectivity index (χ1) is 6.63. The molecule has 0 atom stereocenters. The van der Waals surface area contributed by atoms with Gasteiger partial charge in [-0.2, -0.15) is 0 Å². The third-order valence-corrected chi connectivity index (χ3v) is 1.41. The standard InChI is InChI=1S/C9H8F2N2O/c1-2-12-9(14)13-8-4-3-6(10)5-7(8)11/h2-5H,1H2,(H2,12,13,14). The van der Waals surface area contributed by atoms with Crippen LogP contribution >= 0.6 is 0 Å². The highest BCUT2D eigenvalue weighted by atomic mass is 19.1. The van der Waals surface area contributed by atoms with Gasteiger partial charge >= 0.3 is 6.03 Å². The van der Waals surface area contributed by atoms with Crippen molar-refractivity contribution < 1.29 is 13.6 Å². The smallest absolute Gasteiger partial charge is 0.315 e. The fraction of sp³-hybridized carbons (Fsp3) is 0. The number of urea groups is 1. The van der Waals surface area contributed by atoms with E-state index in [0.29, 0.717) is 6.07 Å². The van der Waals surface area contributed by atoms with E-state index >= 15 is 0 Å². The van der Waals surface area contributed by atoms with Gasteiger partial charge in [0, 0.05) is 6.07 Å². The summed E-state index contributed by atoms with van der Waals surface area (Å²) in [7, 11) is 0. The van der Waals surface area contributed by atoms with Gasteiger partial charge in [-0.1, -0.05) is 6.58 Å². The zero-order valence-corrected chi connectivity index (χ0v) is 7.18. The summed E-state index contributed by atoms with van der Waals surface area (Å²) in [6.07, 6.45) is 1.15. The van der Waals surface area contributed by atoms with Gasteiger partial charge in [-0.15, -0.1) is 0 Å². The second-order valence-electron chi connectivity index (χ2n) is 2.43. The Morgan fingerprint density at radius 1 is 1.43 bits per heavy atom. The molecule has 0 aromatic heterocycles. The zero-order chi connectivity index (χ0) is 10.6. The Labute approximate surface area is 79.4 Å². The van der Waals surface area contributed by atoms with Gasteiger partial charge in [0.25, 0.3) is 0 Å². The van der Waals surface area contributed by atoms with E-state index < -0.39 is 17.7 Å². The lowest BCUT2D eigenvalue weighted by atomic mass is 10.3. The van der Waals surface area contributed by atoms with Crippen molar-refractivity contribution in [3.8, 4) is 0 Å². The van der Waals surface area contributed by atoms with Gasteiger partial charge in [0.15, 0.2) is 0 Å². The Morgan fingerprint density at radius 2 is 2.14 bits per heavy atom. The number of halogens is 2. The van der Waals surface area contributed by atoms with Gasteiger partial charge in [0.1, 0.15) is 11.6 Å². The van der Waals surface area contributed by atoms with Gasteiger partial charge < -0.3 is 10.6 Å². The first-order valence-corrected chi connectivity index (χ1v) is 3.77. The average molecular weight is 198 g/mol. The zero-order valence-electron chi connectivity index (χ0n) is 7.18. The van der Waals surface area contributed by atoms with Crippen LogP contribution in [0.2, 0.25) is 0 Å². The third kappa shape index (κ3) is 2.55. The summed E-state index contributed by atoms with van der Waals surface area (Å²) in [5.74, 6) is -1.53. The number of nitrogens with one attached hydrogen (secondary N) is 2. The van der Waals surface area contributed by atoms with Crippen molar-refractivity contribution in [1.82, 2.24) is 5.32 Å². The van der Waals surface area contributed by atoms with E-state index in [1.54, 1.807) is 0 Å². The van der Waals surface area contributed by atoms with Crippen LogP contribution in [0.4, 0.5) is 19.3 Å². The molecule has 0 radical (unpaired) electrons. The molecule has 0 saturated heterocycles. The van der Waals surface area contributed by atoms with E-state index in [-0.39, 0.29) is 5.69 Å². The second kappa shape index (κ2) is 4.36. The minimum atomic E-state index is -0.829. The van der Waals surface area contributed by atoms with E-state index in [2.05, 4.69) is 17.2 Å². The maximum atomic E-state index is 12.9. The van der Waals surface area contributed by atoms with E-state index in [0.717, 1.165) is 18.3 Å². The molecule has 0 aliphatic rings. The summed E-state index contributed by atoms with van der Waals surface area (Å²) in [4.78, 5) is 10.9. The van der Waals surface area contributed by atoms with Crippen LogP contribution in [0.5, 0.6) is 0 Å². The second-order valence-corrected chi connectivity index (χ2v) is 2.43. The quantitative estimate of drug-likeness (QED) is 0.751. The van der Waals surface area contributed by atoms with Gasteiger partial charge in [0.05, 0.1) is 5.69 Å². The largest absolute Gasteiger partial charge is 0.323 e. The number of amides is 2. The van der Waals surface area contributed by atoms with Crippen molar-refractivity contribution in [1.29, 1.82) is 0 Å². The first-order valence-electron chi connectivity index (χ1n) is 3.77. The van der Waals surface area contributed by atoms with Crippen LogP contribution in [-0.4, -0.2) is 6.03 Å². The summed E-state index contributed by atoms with van der Waals surface area (Å²) < 4.78 is 25.4. The highest BCUT2D eigenvalue weighted by molar-refractivity contribution is 5.89. The van der Waals surface area contributed by atoms with Crippen LogP contribution in [0.25, 0.3) is 0 Å². The molecule has 14 heavy (non-hydrogen) atoms. The Hall–Kier alpha value is -1.91. The van der Waals surface area contributed by atoms with E-state index in [4.69, 9.17) is 0 Å². The predicted molar refractivity (Wildman–Crippen MR) is 48.7 cm³/mol. The maximum absolute atomic E-state index is 12.9. The molecule has 74 valence electrons. The number of hydrogen-bond donors (Lipinski definition) is 2. The number of carbonyl (C=O) groups excluding carboxylic acids is 1. The minimum Gasteiger partial charge on any atom is -0.315 e. The topological polar surface area (TPSA) is 41.1 Å². The van der Waals surface area contributed by atoms with Crippen molar-refractivity contribution in [2.24, 2.45) is 0 Å².